The fraction of sp³-hybridized carbons (Fsp3) is 0.0800. The van der Waals surface area contributed by atoms with E-state index in [4.69, 9.17) is 32.7 Å². The molecule has 1 fully saturated rings. The van der Waals surface area contributed by atoms with Crippen LogP contribution in [0.15, 0.2) is 72.3 Å². The van der Waals surface area contributed by atoms with Gasteiger partial charge in [0.25, 0.3) is 11.8 Å². The highest BCUT2D eigenvalue weighted by Crippen LogP contribution is 2.31. The smallest absolute Gasteiger partial charge is 0.335 e. The van der Waals surface area contributed by atoms with Crippen LogP contribution in [0.1, 0.15) is 11.1 Å². The Morgan fingerprint density at radius 3 is 2.38 bits per heavy atom. The number of imide groups is 2. The number of carbonyl (C=O) groups excluding carboxylic acids is 3. The van der Waals surface area contributed by atoms with Gasteiger partial charge in [0, 0.05) is 10.0 Å². The lowest BCUT2D eigenvalue weighted by Gasteiger charge is -2.26. The summed E-state index contributed by atoms with van der Waals surface area (Å²) in [5.74, 6) is -0.669. The Bertz CT molecular complexity index is 1300. The molecule has 0 aromatic heterocycles. The number of carbonyl (C=O) groups is 3. The van der Waals surface area contributed by atoms with Crippen molar-refractivity contribution in [2.24, 2.45) is 0 Å². The minimum Gasteiger partial charge on any atom is -0.493 e. The molecule has 1 aliphatic rings. The molecule has 0 atom stereocenters. The lowest BCUT2D eigenvalue weighted by atomic mass is 10.1. The van der Waals surface area contributed by atoms with Crippen LogP contribution in [0.4, 0.5) is 10.5 Å². The SMILES string of the molecule is COc1cc(/C=C2\C(=O)NC(=O)N(c3cccc(Cl)c3)C2=O)ccc1OCc1ccc(Cl)cc1. The van der Waals surface area contributed by atoms with Crippen LogP contribution in [0.2, 0.25) is 10.0 Å². The van der Waals surface area contributed by atoms with Gasteiger partial charge in [0.1, 0.15) is 12.2 Å². The van der Waals surface area contributed by atoms with E-state index in [1.54, 1.807) is 48.5 Å². The van der Waals surface area contributed by atoms with Gasteiger partial charge >= 0.3 is 6.03 Å². The summed E-state index contributed by atoms with van der Waals surface area (Å²) in [7, 11) is 1.49. The Morgan fingerprint density at radius 1 is 0.912 bits per heavy atom. The Hall–Kier alpha value is -3.81. The maximum absolute atomic E-state index is 13.0. The fourth-order valence-electron chi connectivity index (χ4n) is 3.31. The average Bonchev–Trinajstić information content (AvgIpc) is 2.81. The number of methoxy groups -OCH3 is 1. The number of anilines is 1. The minimum atomic E-state index is -0.849. The summed E-state index contributed by atoms with van der Waals surface area (Å²) in [5, 5.41) is 3.16. The van der Waals surface area contributed by atoms with Gasteiger partial charge in [0.2, 0.25) is 0 Å². The topological polar surface area (TPSA) is 84.9 Å². The normalized spacial score (nSPS) is 14.9. The monoisotopic (exact) mass is 496 g/mol. The molecule has 172 valence electrons. The number of benzene rings is 3. The van der Waals surface area contributed by atoms with Crippen LogP contribution < -0.4 is 19.7 Å². The molecule has 0 unspecified atom stereocenters. The van der Waals surface area contributed by atoms with Gasteiger partial charge in [-0.15, -0.1) is 0 Å². The van der Waals surface area contributed by atoms with Gasteiger partial charge in [0.15, 0.2) is 11.5 Å². The van der Waals surface area contributed by atoms with Gasteiger partial charge in [-0.05, 0) is 59.7 Å². The van der Waals surface area contributed by atoms with Crippen molar-refractivity contribution in [3.8, 4) is 11.5 Å². The van der Waals surface area contributed by atoms with Gasteiger partial charge in [-0.1, -0.05) is 47.5 Å². The second-order valence-corrected chi connectivity index (χ2v) is 8.14. The number of ether oxygens (including phenoxy) is 2. The largest absolute Gasteiger partial charge is 0.493 e. The van der Waals surface area contributed by atoms with Crippen molar-refractivity contribution >= 4 is 52.8 Å². The lowest BCUT2D eigenvalue weighted by molar-refractivity contribution is -0.122. The molecule has 1 heterocycles. The third kappa shape index (κ3) is 5.06. The third-order valence-corrected chi connectivity index (χ3v) is 5.46. The van der Waals surface area contributed by atoms with Crippen molar-refractivity contribution in [2.45, 2.75) is 6.61 Å². The summed E-state index contributed by atoms with van der Waals surface area (Å²) in [6.45, 7) is 0.297. The molecule has 0 saturated carbocycles. The summed E-state index contributed by atoms with van der Waals surface area (Å²) >= 11 is 11.9. The van der Waals surface area contributed by atoms with E-state index in [-0.39, 0.29) is 11.3 Å². The predicted molar refractivity (Wildman–Crippen MR) is 129 cm³/mol. The standard InChI is InChI=1S/C25H18Cl2N2O5/c1-33-22-12-16(7-10-21(22)34-14-15-5-8-17(26)9-6-15)11-20-23(30)28-25(32)29(24(20)31)19-4-2-3-18(27)13-19/h2-13H,14H2,1H3,(H,28,30,32)/b20-11+. The maximum atomic E-state index is 13.0. The summed E-state index contributed by atoms with van der Waals surface area (Å²) in [6.07, 6.45) is 1.38. The first-order valence-corrected chi connectivity index (χ1v) is 10.8. The summed E-state index contributed by atoms with van der Waals surface area (Å²) in [6, 6.07) is 17.6. The highest BCUT2D eigenvalue weighted by atomic mass is 35.5. The Labute approximate surface area is 205 Å². The van der Waals surface area contributed by atoms with Crippen LogP contribution in [-0.4, -0.2) is 25.0 Å². The number of rotatable bonds is 6. The molecule has 4 rings (SSSR count). The van der Waals surface area contributed by atoms with Crippen molar-refractivity contribution in [3.63, 3.8) is 0 Å². The number of hydrogen-bond donors (Lipinski definition) is 1. The fourth-order valence-corrected chi connectivity index (χ4v) is 3.62. The van der Waals surface area contributed by atoms with Gasteiger partial charge in [-0.2, -0.15) is 0 Å². The van der Waals surface area contributed by atoms with E-state index in [1.165, 1.54) is 19.3 Å². The second kappa shape index (κ2) is 9.99. The molecule has 34 heavy (non-hydrogen) atoms. The van der Waals surface area contributed by atoms with Crippen LogP contribution >= 0.6 is 23.2 Å². The maximum Gasteiger partial charge on any atom is 0.335 e. The van der Waals surface area contributed by atoms with E-state index < -0.39 is 17.8 Å². The number of nitrogens with zero attached hydrogens (tertiary/aromatic N) is 1. The van der Waals surface area contributed by atoms with Crippen LogP contribution in [0, 0.1) is 0 Å². The zero-order valence-electron chi connectivity index (χ0n) is 17.9. The molecule has 4 amide bonds. The van der Waals surface area contributed by atoms with Crippen molar-refractivity contribution in [1.82, 2.24) is 5.32 Å². The Morgan fingerprint density at radius 2 is 1.68 bits per heavy atom. The number of hydrogen-bond acceptors (Lipinski definition) is 5. The lowest BCUT2D eigenvalue weighted by Crippen LogP contribution is -2.54. The van der Waals surface area contributed by atoms with E-state index in [9.17, 15) is 14.4 Å². The molecule has 0 spiro atoms. The molecular formula is C25H18Cl2N2O5. The van der Waals surface area contributed by atoms with Crippen LogP contribution in [0.5, 0.6) is 11.5 Å². The van der Waals surface area contributed by atoms with Crippen LogP contribution in [0.25, 0.3) is 6.08 Å². The van der Waals surface area contributed by atoms with Crippen molar-refractivity contribution in [1.29, 1.82) is 0 Å². The first-order chi connectivity index (χ1) is 16.4. The molecule has 0 bridgehead atoms. The highest BCUT2D eigenvalue weighted by Gasteiger charge is 2.36. The number of barbiturate groups is 1. The van der Waals surface area contributed by atoms with Gasteiger partial charge < -0.3 is 9.47 Å². The molecule has 0 radical (unpaired) electrons. The van der Waals surface area contributed by atoms with E-state index in [1.807, 2.05) is 12.1 Å². The molecule has 1 aliphatic heterocycles. The number of halogens is 2. The van der Waals surface area contributed by atoms with Crippen molar-refractivity contribution in [2.75, 3.05) is 12.0 Å². The zero-order chi connectivity index (χ0) is 24.2. The number of urea groups is 1. The summed E-state index contributed by atoms with van der Waals surface area (Å²) in [5.41, 5.74) is 1.47. The molecule has 3 aromatic rings. The molecule has 7 nitrogen and oxygen atoms in total. The van der Waals surface area contributed by atoms with E-state index in [0.29, 0.717) is 33.7 Å². The summed E-state index contributed by atoms with van der Waals surface area (Å²) < 4.78 is 11.3. The molecule has 0 aliphatic carbocycles. The zero-order valence-corrected chi connectivity index (χ0v) is 19.4. The van der Waals surface area contributed by atoms with Gasteiger partial charge in [-0.25, -0.2) is 9.69 Å². The predicted octanol–water partition coefficient (Wildman–Crippen LogP) is 5.25. The second-order valence-electron chi connectivity index (χ2n) is 7.26. The quantitative estimate of drug-likeness (QED) is 0.372. The highest BCUT2D eigenvalue weighted by molar-refractivity contribution is 6.39. The minimum absolute atomic E-state index is 0.212. The Kier molecular flexibility index (Phi) is 6.86. The van der Waals surface area contributed by atoms with Crippen LogP contribution in [-0.2, 0) is 16.2 Å². The molecule has 9 heteroatoms. The number of amides is 4. The van der Waals surface area contributed by atoms with Crippen molar-refractivity contribution < 1.29 is 23.9 Å². The van der Waals surface area contributed by atoms with E-state index >= 15 is 0 Å². The van der Waals surface area contributed by atoms with E-state index in [0.717, 1.165) is 10.5 Å². The van der Waals surface area contributed by atoms with Crippen molar-refractivity contribution in [3.05, 3.63) is 93.5 Å². The van der Waals surface area contributed by atoms with Crippen LogP contribution in [0.3, 0.4) is 0 Å². The molecule has 1 N–H and O–H groups in total. The van der Waals surface area contributed by atoms with E-state index in [2.05, 4.69) is 5.32 Å². The van der Waals surface area contributed by atoms with Gasteiger partial charge in [-0.3, -0.25) is 14.9 Å². The third-order valence-electron chi connectivity index (χ3n) is 4.97. The Balaban J connectivity index is 1.59. The first-order valence-electron chi connectivity index (χ1n) is 10.1. The molecule has 1 saturated heterocycles. The summed E-state index contributed by atoms with van der Waals surface area (Å²) in [4.78, 5) is 38.7. The van der Waals surface area contributed by atoms with Gasteiger partial charge in [0.05, 0.1) is 12.8 Å². The molecular weight excluding hydrogens is 479 g/mol. The molecule has 3 aromatic carbocycles. The first kappa shape index (κ1) is 23.4. The average molecular weight is 497 g/mol. The number of nitrogens with one attached hydrogen (secondary N) is 1.